The van der Waals surface area contributed by atoms with E-state index in [1.165, 1.54) is 5.56 Å². The molecule has 0 radical (unpaired) electrons. The number of nitrogens with one attached hydrogen (secondary N) is 2. The number of nitrogen functional groups attached to an aromatic ring is 1. The van der Waals surface area contributed by atoms with Crippen molar-refractivity contribution in [1.82, 2.24) is 15.5 Å². The molecule has 0 unspecified atom stereocenters. The molecule has 0 spiro atoms. The summed E-state index contributed by atoms with van der Waals surface area (Å²) in [5, 5.41) is 6.54. The van der Waals surface area contributed by atoms with Crippen LogP contribution in [0, 0.1) is 0 Å². The van der Waals surface area contributed by atoms with Crippen LogP contribution >= 0.6 is 0 Å². The molecule has 2 aromatic rings. The zero-order valence-electron chi connectivity index (χ0n) is 15.0. The van der Waals surface area contributed by atoms with Crippen LogP contribution in [0.1, 0.15) is 11.1 Å². The van der Waals surface area contributed by atoms with Crippen LogP contribution in [0.25, 0.3) is 0 Å². The lowest BCUT2D eigenvalue weighted by Gasteiger charge is -2.23. The summed E-state index contributed by atoms with van der Waals surface area (Å²) in [7, 11) is 2.07. The van der Waals surface area contributed by atoms with E-state index in [9.17, 15) is 0 Å². The fourth-order valence-corrected chi connectivity index (χ4v) is 2.35. The smallest absolute Gasteiger partial charge is 0.0918 e. The third-order valence-corrected chi connectivity index (χ3v) is 4.11. The second-order valence-corrected chi connectivity index (χ2v) is 6.15. The Labute approximate surface area is 151 Å². The summed E-state index contributed by atoms with van der Waals surface area (Å²) in [4.78, 5) is 2.17. The molecule has 4 nitrogen and oxygen atoms in total. The predicted octanol–water partition coefficient (Wildman–Crippen LogP) is 3.11. The normalized spacial score (nSPS) is 10.1. The Hall–Kier alpha value is -2.88. The zero-order valence-corrected chi connectivity index (χ0v) is 15.0. The van der Waals surface area contributed by atoms with E-state index in [1.54, 1.807) is 0 Å². The van der Waals surface area contributed by atoms with Gasteiger partial charge < -0.3 is 21.3 Å². The van der Waals surface area contributed by atoms with Crippen LogP contribution in [-0.2, 0) is 13.0 Å². The van der Waals surface area contributed by atoms with Gasteiger partial charge in [-0.25, -0.2) is 0 Å². The molecule has 0 atom stereocenters. The van der Waals surface area contributed by atoms with Gasteiger partial charge in [0.1, 0.15) is 0 Å². The second-order valence-electron chi connectivity index (χ2n) is 6.15. The lowest BCUT2D eigenvalue weighted by molar-refractivity contribution is 0.410. The van der Waals surface area contributed by atoms with Crippen molar-refractivity contribution >= 4 is 5.69 Å². The van der Waals surface area contributed by atoms with Gasteiger partial charge in [0.05, 0.1) is 12.4 Å². The van der Waals surface area contributed by atoms with E-state index in [-0.39, 0.29) is 0 Å². The van der Waals surface area contributed by atoms with E-state index >= 15 is 0 Å². The average Bonchev–Trinajstić information content (AvgIpc) is 2.64. The maximum Gasteiger partial charge on any atom is 0.0918 e. The number of likely N-dealkylation sites (N-methyl/N-ethyl adjacent to an activating group) is 1. The Balaban J connectivity index is 1.66. The first-order valence-corrected chi connectivity index (χ1v) is 8.48. The van der Waals surface area contributed by atoms with Crippen molar-refractivity contribution in [1.29, 1.82) is 0 Å². The Morgan fingerprint density at radius 1 is 0.960 bits per heavy atom. The Bertz CT molecular complexity index is 677. The van der Waals surface area contributed by atoms with Gasteiger partial charge in [0.15, 0.2) is 0 Å². The molecule has 0 aliphatic carbocycles. The Kier molecular flexibility index (Phi) is 6.96. The fourth-order valence-electron chi connectivity index (χ4n) is 2.35. The number of hydrogen-bond acceptors (Lipinski definition) is 4. The minimum atomic E-state index is 0.666. The number of anilines is 1. The summed E-state index contributed by atoms with van der Waals surface area (Å²) >= 11 is 0. The van der Waals surface area contributed by atoms with Gasteiger partial charge in [0.25, 0.3) is 0 Å². The minimum absolute atomic E-state index is 0.666. The molecular weight excluding hydrogens is 308 g/mol. The first kappa shape index (κ1) is 18.5. The molecule has 0 saturated carbocycles. The predicted molar refractivity (Wildman–Crippen MR) is 107 cm³/mol. The largest absolute Gasteiger partial charge is 0.399 e. The highest BCUT2D eigenvalue weighted by Gasteiger charge is 2.03. The van der Waals surface area contributed by atoms with Crippen LogP contribution in [0.15, 0.2) is 79.3 Å². The molecule has 0 fully saturated rings. The zero-order chi connectivity index (χ0) is 18.1. The summed E-state index contributed by atoms with van der Waals surface area (Å²) in [5.74, 6) is 0.787. The summed E-state index contributed by atoms with van der Waals surface area (Å²) in [6, 6.07) is 18.3. The van der Waals surface area contributed by atoms with E-state index < -0.39 is 0 Å². The van der Waals surface area contributed by atoms with Gasteiger partial charge in [-0.05, 0) is 29.7 Å². The number of nitrogens with zero attached hydrogens (tertiary/aromatic N) is 1. The average molecular weight is 336 g/mol. The molecule has 0 aliphatic rings. The van der Waals surface area contributed by atoms with Gasteiger partial charge in [-0.2, -0.15) is 0 Å². The maximum atomic E-state index is 5.69. The lowest BCUT2D eigenvalue weighted by atomic mass is 10.1. The highest BCUT2D eigenvalue weighted by Crippen LogP contribution is 2.06. The first-order valence-electron chi connectivity index (χ1n) is 8.48. The van der Waals surface area contributed by atoms with Crippen LogP contribution < -0.4 is 16.4 Å². The van der Waals surface area contributed by atoms with E-state index in [0.717, 1.165) is 35.7 Å². The van der Waals surface area contributed by atoms with Crippen molar-refractivity contribution in [2.24, 2.45) is 0 Å². The summed E-state index contributed by atoms with van der Waals surface area (Å²) in [6.07, 6.45) is 1.01. The van der Waals surface area contributed by atoms with E-state index in [4.69, 9.17) is 5.73 Å². The van der Waals surface area contributed by atoms with E-state index in [0.29, 0.717) is 13.1 Å². The topological polar surface area (TPSA) is 53.3 Å². The molecule has 132 valence electrons. The van der Waals surface area contributed by atoms with Crippen LogP contribution in [0.4, 0.5) is 5.69 Å². The van der Waals surface area contributed by atoms with Crippen LogP contribution in [0.2, 0.25) is 0 Å². The highest BCUT2D eigenvalue weighted by molar-refractivity contribution is 5.39. The number of hydrogen-bond donors (Lipinski definition) is 3. The molecule has 0 aromatic heterocycles. The molecule has 4 N–H and O–H groups in total. The van der Waals surface area contributed by atoms with Crippen LogP contribution in [-0.4, -0.2) is 25.0 Å². The lowest BCUT2D eigenvalue weighted by Crippen LogP contribution is -2.31. The summed E-state index contributed by atoms with van der Waals surface area (Å²) in [6.45, 7) is 10.5. The van der Waals surface area contributed by atoms with Gasteiger partial charge in [-0.3, -0.25) is 0 Å². The van der Waals surface area contributed by atoms with Gasteiger partial charge in [0.2, 0.25) is 0 Å². The number of rotatable bonds is 10. The van der Waals surface area contributed by atoms with Crippen molar-refractivity contribution < 1.29 is 0 Å². The third-order valence-electron chi connectivity index (χ3n) is 4.11. The number of benzene rings is 2. The first-order chi connectivity index (χ1) is 12.0. The molecule has 2 aromatic carbocycles. The van der Waals surface area contributed by atoms with Crippen molar-refractivity contribution in [3.05, 3.63) is 90.4 Å². The molecule has 4 heteroatoms. The molecule has 0 aliphatic heterocycles. The Morgan fingerprint density at radius 2 is 1.64 bits per heavy atom. The van der Waals surface area contributed by atoms with Crippen molar-refractivity contribution in [2.75, 3.05) is 25.9 Å². The maximum absolute atomic E-state index is 5.69. The highest BCUT2D eigenvalue weighted by atomic mass is 15.1. The van der Waals surface area contributed by atoms with E-state index in [1.807, 2.05) is 30.3 Å². The summed E-state index contributed by atoms with van der Waals surface area (Å²) < 4.78 is 0. The second kappa shape index (κ2) is 9.42. The molecule has 25 heavy (non-hydrogen) atoms. The Morgan fingerprint density at radius 3 is 2.32 bits per heavy atom. The minimum Gasteiger partial charge on any atom is -0.399 e. The molecule has 2 rings (SSSR count). The van der Waals surface area contributed by atoms with Crippen molar-refractivity contribution in [2.45, 2.75) is 13.0 Å². The van der Waals surface area contributed by atoms with E-state index in [2.05, 4.69) is 60.0 Å². The third kappa shape index (κ3) is 6.63. The molecular formula is C21H28N4. The fraction of sp³-hybridized carbons (Fsp3) is 0.238. The quantitative estimate of drug-likeness (QED) is 0.584. The van der Waals surface area contributed by atoms with Gasteiger partial charge >= 0.3 is 0 Å². The molecule has 0 amide bonds. The monoisotopic (exact) mass is 336 g/mol. The standard InChI is InChI=1S/C21H28N4/c1-17(25(3)14-13-19-7-5-4-6-8-19)15-23-18(2)24-16-20-9-11-21(22)12-10-20/h4-12,23-24H,1-2,13-16,22H2,3H3. The van der Waals surface area contributed by atoms with Crippen LogP contribution in [0.5, 0.6) is 0 Å². The molecule has 0 heterocycles. The van der Waals surface area contributed by atoms with Gasteiger partial charge in [-0.15, -0.1) is 0 Å². The summed E-state index contributed by atoms with van der Waals surface area (Å²) in [5.41, 5.74) is 10.00. The SMILES string of the molecule is C=C(NCC(=C)N(C)CCc1ccccc1)NCc1ccc(N)cc1. The van der Waals surface area contributed by atoms with Crippen molar-refractivity contribution in [3.63, 3.8) is 0 Å². The van der Waals surface area contributed by atoms with Gasteiger partial charge in [-0.1, -0.05) is 55.6 Å². The van der Waals surface area contributed by atoms with Crippen LogP contribution in [0.3, 0.4) is 0 Å². The van der Waals surface area contributed by atoms with Crippen molar-refractivity contribution in [3.8, 4) is 0 Å². The molecule has 0 bridgehead atoms. The number of nitrogens with two attached hydrogens (primary N) is 1. The molecule has 0 saturated heterocycles. The van der Waals surface area contributed by atoms with Gasteiger partial charge in [0, 0.05) is 31.5 Å².